The quantitative estimate of drug-likeness (QED) is 0.253. The van der Waals surface area contributed by atoms with Crippen LogP contribution in [0.2, 0.25) is 0 Å². The maximum absolute atomic E-state index is 14.1. The molecule has 198 valence electrons. The molecule has 6 nitrogen and oxygen atoms in total. The molecule has 2 aliphatic heterocycles. The number of para-hydroxylation sites is 3. The lowest BCUT2D eigenvalue weighted by atomic mass is 9.95. The Morgan fingerprint density at radius 2 is 1.62 bits per heavy atom. The smallest absolute Gasteiger partial charge is 0.340 e. The van der Waals surface area contributed by atoms with E-state index in [2.05, 4.69) is 11.8 Å². The second-order valence-corrected chi connectivity index (χ2v) is 11.1. The molecule has 6 rings (SSSR count). The molecule has 0 saturated carbocycles. The fourth-order valence-electron chi connectivity index (χ4n) is 5.57. The van der Waals surface area contributed by atoms with Crippen molar-refractivity contribution < 1.29 is 14.3 Å². The van der Waals surface area contributed by atoms with Crippen molar-refractivity contribution in [2.75, 3.05) is 18.0 Å². The lowest BCUT2D eigenvalue weighted by Crippen LogP contribution is -2.40. The maximum Gasteiger partial charge on any atom is 0.340 e. The lowest BCUT2D eigenvalue weighted by Gasteiger charge is -2.33. The molecule has 0 N–H and O–H groups in total. The predicted molar refractivity (Wildman–Crippen MR) is 155 cm³/mol. The number of fused-ring (bicyclic) bond motifs is 4. The van der Waals surface area contributed by atoms with Gasteiger partial charge in [-0.1, -0.05) is 68.1 Å². The first-order valence-corrected chi connectivity index (χ1v) is 14.4. The lowest BCUT2D eigenvalue weighted by molar-refractivity contribution is -0.126. The van der Waals surface area contributed by atoms with E-state index in [1.807, 2.05) is 79.7 Å². The average molecular weight is 538 g/mol. The summed E-state index contributed by atoms with van der Waals surface area (Å²) in [5, 5.41) is 0.770. The largest absolute Gasteiger partial charge is 0.449 e. The van der Waals surface area contributed by atoms with Crippen LogP contribution in [-0.4, -0.2) is 41.0 Å². The molecule has 1 aromatic heterocycles. The van der Waals surface area contributed by atoms with Gasteiger partial charge in [0.25, 0.3) is 5.91 Å². The van der Waals surface area contributed by atoms with E-state index in [0.717, 1.165) is 69.3 Å². The summed E-state index contributed by atoms with van der Waals surface area (Å²) >= 11 is 1.64. The predicted octanol–water partition coefficient (Wildman–Crippen LogP) is 6.77. The molecule has 1 amide bonds. The monoisotopic (exact) mass is 537 g/mol. The van der Waals surface area contributed by atoms with Gasteiger partial charge in [0.05, 0.1) is 22.5 Å². The molecule has 3 aromatic carbocycles. The molecule has 0 fully saturated rings. The zero-order valence-corrected chi connectivity index (χ0v) is 23.0. The number of aromatic nitrogens is 1. The molecule has 0 aliphatic carbocycles. The molecule has 0 spiro atoms. The van der Waals surface area contributed by atoms with Crippen molar-refractivity contribution in [3.8, 4) is 0 Å². The summed E-state index contributed by atoms with van der Waals surface area (Å²) in [4.78, 5) is 39.1. The van der Waals surface area contributed by atoms with Crippen molar-refractivity contribution in [1.82, 2.24) is 9.88 Å². The highest BCUT2D eigenvalue weighted by atomic mass is 32.2. The van der Waals surface area contributed by atoms with Gasteiger partial charge in [0.2, 0.25) is 0 Å². The van der Waals surface area contributed by atoms with Crippen molar-refractivity contribution in [3.63, 3.8) is 0 Å². The molecule has 0 saturated heterocycles. The van der Waals surface area contributed by atoms with Gasteiger partial charge in [-0.3, -0.25) is 19.6 Å². The third-order valence-corrected chi connectivity index (χ3v) is 8.55. The Labute approximate surface area is 233 Å². The van der Waals surface area contributed by atoms with E-state index in [-0.39, 0.29) is 5.91 Å². The molecule has 2 aliphatic rings. The number of anilines is 2. The van der Waals surface area contributed by atoms with Crippen molar-refractivity contribution in [3.05, 3.63) is 89.6 Å². The minimum Gasteiger partial charge on any atom is -0.449 e. The van der Waals surface area contributed by atoms with E-state index in [4.69, 9.17) is 9.72 Å². The Balaban J connectivity index is 1.37. The van der Waals surface area contributed by atoms with Gasteiger partial charge in [0.15, 0.2) is 6.10 Å². The van der Waals surface area contributed by atoms with Gasteiger partial charge in [0.1, 0.15) is 0 Å². The normalized spacial score (nSPS) is 15.3. The Morgan fingerprint density at radius 3 is 2.31 bits per heavy atom. The van der Waals surface area contributed by atoms with E-state index in [1.54, 1.807) is 16.7 Å². The van der Waals surface area contributed by atoms with Crippen LogP contribution >= 0.6 is 11.8 Å². The molecule has 0 radical (unpaired) electrons. The van der Waals surface area contributed by atoms with Crippen LogP contribution < -0.4 is 4.90 Å². The number of benzene rings is 3. The van der Waals surface area contributed by atoms with Crippen LogP contribution in [0.3, 0.4) is 0 Å². The third-order valence-electron chi connectivity index (χ3n) is 7.42. The second-order valence-electron chi connectivity index (χ2n) is 9.97. The van der Waals surface area contributed by atoms with Crippen LogP contribution in [0, 0.1) is 0 Å². The molecule has 1 atom stereocenters. The number of hydrogen-bond donors (Lipinski definition) is 0. The first kappa shape index (κ1) is 25.6. The molecule has 3 heterocycles. The molecular weight excluding hydrogens is 506 g/mol. The van der Waals surface area contributed by atoms with Gasteiger partial charge in [-0.25, -0.2) is 4.79 Å². The number of nitrogens with zero attached hydrogens (tertiary/aromatic N) is 3. The number of rotatable bonds is 6. The van der Waals surface area contributed by atoms with E-state index in [1.165, 1.54) is 0 Å². The highest BCUT2D eigenvalue weighted by Crippen LogP contribution is 2.48. The van der Waals surface area contributed by atoms with E-state index >= 15 is 0 Å². The summed E-state index contributed by atoms with van der Waals surface area (Å²) in [5.41, 5.74) is 4.81. The minimum absolute atomic E-state index is 0.245. The number of amides is 1. The number of esters is 1. The Hall–Kier alpha value is -3.68. The van der Waals surface area contributed by atoms with Crippen molar-refractivity contribution in [1.29, 1.82) is 0 Å². The maximum atomic E-state index is 14.1. The fourth-order valence-corrected chi connectivity index (χ4v) is 6.63. The van der Waals surface area contributed by atoms with Gasteiger partial charge >= 0.3 is 5.97 Å². The Kier molecular flexibility index (Phi) is 7.11. The van der Waals surface area contributed by atoms with Gasteiger partial charge < -0.3 is 4.74 Å². The van der Waals surface area contributed by atoms with Gasteiger partial charge in [-0.2, -0.15) is 0 Å². The van der Waals surface area contributed by atoms with E-state index in [0.29, 0.717) is 18.5 Å². The molecule has 7 heteroatoms. The third kappa shape index (κ3) is 4.70. The number of carbonyl (C=O) groups is 2. The average Bonchev–Trinajstić information content (AvgIpc) is 2.97. The standard InChI is InChI=1S/C32H31N3O3S/c1-3-18-34-19-17-24-22(20-34)30(21-11-5-6-12-23(21)33-24)32(37)38-27(4-2)31(36)35-25-13-7-9-15-28(25)39-29-16-10-8-14-26(29)35/h5-16,27H,3-4,17-20H2,1-2H3. The summed E-state index contributed by atoms with van der Waals surface area (Å²) in [7, 11) is 0. The topological polar surface area (TPSA) is 62.7 Å². The second kappa shape index (κ2) is 10.8. The SMILES string of the molecule is CCCN1CCc2nc3ccccc3c(C(=O)OC(CC)C(=O)N3c4ccccc4Sc4ccccc43)c2C1. The number of hydrogen-bond acceptors (Lipinski definition) is 6. The number of pyridine rings is 1. The van der Waals surface area contributed by atoms with Crippen LogP contribution in [0.5, 0.6) is 0 Å². The van der Waals surface area contributed by atoms with Gasteiger partial charge in [-0.05, 0) is 49.7 Å². The van der Waals surface area contributed by atoms with Crippen LogP contribution in [-0.2, 0) is 22.5 Å². The molecule has 0 bridgehead atoms. The highest BCUT2D eigenvalue weighted by molar-refractivity contribution is 7.99. The molecule has 4 aromatic rings. The summed E-state index contributed by atoms with van der Waals surface area (Å²) in [6.45, 7) is 6.58. The Morgan fingerprint density at radius 1 is 0.949 bits per heavy atom. The van der Waals surface area contributed by atoms with E-state index < -0.39 is 12.1 Å². The van der Waals surface area contributed by atoms with Crippen molar-refractivity contribution in [2.45, 2.75) is 55.5 Å². The van der Waals surface area contributed by atoms with Crippen molar-refractivity contribution in [2.24, 2.45) is 0 Å². The Bertz CT molecular complexity index is 1520. The summed E-state index contributed by atoms with van der Waals surface area (Å²) in [6.07, 6.45) is 1.26. The van der Waals surface area contributed by atoms with Gasteiger partial charge in [0, 0.05) is 45.9 Å². The minimum atomic E-state index is -0.931. The molecular formula is C32H31N3O3S. The van der Waals surface area contributed by atoms with Gasteiger partial charge in [-0.15, -0.1) is 0 Å². The zero-order chi connectivity index (χ0) is 26.9. The number of ether oxygens (including phenoxy) is 1. The first-order chi connectivity index (χ1) is 19.1. The first-order valence-electron chi connectivity index (χ1n) is 13.6. The molecule has 1 unspecified atom stereocenters. The summed E-state index contributed by atoms with van der Waals surface area (Å²) in [5.74, 6) is -0.706. The highest BCUT2D eigenvalue weighted by Gasteiger charge is 2.35. The van der Waals surface area contributed by atoms with Crippen LogP contribution in [0.1, 0.15) is 48.3 Å². The fraction of sp³-hybridized carbons (Fsp3) is 0.281. The number of carbonyl (C=O) groups excluding carboxylic acids is 2. The van der Waals surface area contributed by atoms with Crippen molar-refractivity contribution >= 4 is 45.9 Å². The van der Waals surface area contributed by atoms with Crippen LogP contribution in [0.4, 0.5) is 11.4 Å². The molecule has 39 heavy (non-hydrogen) atoms. The van der Waals surface area contributed by atoms with Crippen LogP contribution in [0.15, 0.2) is 82.6 Å². The summed E-state index contributed by atoms with van der Waals surface area (Å²) < 4.78 is 6.12. The summed E-state index contributed by atoms with van der Waals surface area (Å²) in [6, 6.07) is 23.4. The zero-order valence-electron chi connectivity index (χ0n) is 22.2. The van der Waals surface area contributed by atoms with Crippen LogP contribution in [0.25, 0.3) is 10.9 Å². The van der Waals surface area contributed by atoms with E-state index in [9.17, 15) is 9.59 Å².